The van der Waals surface area contributed by atoms with Crippen molar-refractivity contribution in [2.24, 2.45) is 0 Å². The van der Waals surface area contributed by atoms with Gasteiger partial charge in [0.1, 0.15) is 6.54 Å². The standard InChI is InChI=1S/C11H12N4O7/c1-2-22-10(16)6-12-11(17)13-7-3-8(14(18)19)5-9(4-7)15(20)21/h3-5H,2,6H2,1H3,(H2,12,13,17). The summed E-state index contributed by atoms with van der Waals surface area (Å²) >= 11 is 0. The Morgan fingerprint density at radius 1 is 1.14 bits per heavy atom. The average molecular weight is 312 g/mol. The molecule has 11 nitrogen and oxygen atoms in total. The first-order valence-corrected chi connectivity index (χ1v) is 5.97. The maximum atomic E-state index is 11.5. The lowest BCUT2D eigenvalue weighted by Crippen LogP contribution is -2.34. The molecule has 2 amide bonds. The monoisotopic (exact) mass is 312 g/mol. The predicted octanol–water partition coefficient (Wildman–Crippen LogP) is 1.19. The first kappa shape index (κ1) is 16.8. The topological polar surface area (TPSA) is 154 Å². The molecule has 0 radical (unpaired) electrons. The Kier molecular flexibility index (Phi) is 5.75. The van der Waals surface area contributed by atoms with Crippen molar-refractivity contribution >= 4 is 29.1 Å². The van der Waals surface area contributed by atoms with Crippen LogP contribution in [-0.4, -0.2) is 35.0 Å². The van der Waals surface area contributed by atoms with Crippen molar-refractivity contribution in [1.82, 2.24) is 5.32 Å². The second kappa shape index (κ2) is 7.52. The van der Waals surface area contributed by atoms with Crippen LogP contribution in [0.4, 0.5) is 21.9 Å². The summed E-state index contributed by atoms with van der Waals surface area (Å²) in [5.41, 5.74) is -1.24. The number of nitro benzene ring substituents is 2. The summed E-state index contributed by atoms with van der Waals surface area (Å²) in [5.74, 6) is -0.664. The molecule has 0 aliphatic rings. The highest BCUT2D eigenvalue weighted by Crippen LogP contribution is 2.25. The molecule has 0 atom stereocenters. The molecule has 0 spiro atoms. The van der Waals surface area contributed by atoms with Gasteiger partial charge in [0.25, 0.3) is 11.4 Å². The van der Waals surface area contributed by atoms with Crippen LogP contribution in [0, 0.1) is 20.2 Å². The van der Waals surface area contributed by atoms with E-state index >= 15 is 0 Å². The summed E-state index contributed by atoms with van der Waals surface area (Å²) in [6.45, 7) is 1.34. The first-order valence-electron chi connectivity index (χ1n) is 5.97. The van der Waals surface area contributed by atoms with Gasteiger partial charge in [0, 0.05) is 12.1 Å². The summed E-state index contributed by atoms with van der Waals surface area (Å²) < 4.78 is 4.58. The molecule has 1 aromatic carbocycles. The third-order valence-electron chi connectivity index (χ3n) is 2.28. The number of amides is 2. The minimum atomic E-state index is -0.858. The Bertz CT molecular complexity index is 584. The molecule has 118 valence electrons. The van der Waals surface area contributed by atoms with Gasteiger partial charge in [0.2, 0.25) is 0 Å². The summed E-state index contributed by atoms with van der Waals surface area (Å²) in [7, 11) is 0. The highest BCUT2D eigenvalue weighted by molar-refractivity contribution is 5.92. The van der Waals surface area contributed by atoms with Crippen molar-refractivity contribution in [2.45, 2.75) is 6.92 Å². The normalized spacial score (nSPS) is 9.68. The molecule has 0 saturated heterocycles. The Morgan fingerprint density at radius 2 is 1.68 bits per heavy atom. The van der Waals surface area contributed by atoms with Gasteiger partial charge >= 0.3 is 12.0 Å². The molecular formula is C11H12N4O7. The molecule has 0 aliphatic heterocycles. The number of urea groups is 1. The number of nitrogens with one attached hydrogen (secondary N) is 2. The van der Waals surface area contributed by atoms with Crippen LogP contribution >= 0.6 is 0 Å². The first-order chi connectivity index (χ1) is 10.3. The molecular weight excluding hydrogens is 300 g/mol. The fraction of sp³-hybridized carbons (Fsp3) is 0.273. The van der Waals surface area contributed by atoms with Crippen LogP contribution in [0.25, 0.3) is 0 Å². The van der Waals surface area contributed by atoms with Gasteiger partial charge in [-0.1, -0.05) is 0 Å². The van der Waals surface area contributed by atoms with Crippen LogP contribution in [-0.2, 0) is 9.53 Å². The number of anilines is 1. The number of hydrogen-bond acceptors (Lipinski definition) is 7. The van der Waals surface area contributed by atoms with Crippen molar-refractivity contribution in [3.63, 3.8) is 0 Å². The molecule has 0 bridgehead atoms. The Morgan fingerprint density at radius 3 is 2.14 bits per heavy atom. The maximum Gasteiger partial charge on any atom is 0.325 e. The summed E-state index contributed by atoms with van der Waals surface area (Å²) in [6.07, 6.45) is 0. The van der Waals surface area contributed by atoms with Crippen LogP contribution in [0.2, 0.25) is 0 Å². The van der Waals surface area contributed by atoms with E-state index in [0.29, 0.717) is 0 Å². The van der Waals surface area contributed by atoms with Gasteiger partial charge in [-0.15, -0.1) is 0 Å². The lowest BCUT2D eigenvalue weighted by atomic mass is 10.2. The van der Waals surface area contributed by atoms with Crippen LogP contribution in [0.3, 0.4) is 0 Å². The minimum absolute atomic E-state index is 0.151. The number of nitrogens with zero attached hydrogens (tertiary/aromatic N) is 2. The summed E-state index contributed by atoms with van der Waals surface area (Å²) in [5, 5.41) is 25.7. The maximum absolute atomic E-state index is 11.5. The fourth-order valence-corrected chi connectivity index (χ4v) is 1.42. The summed E-state index contributed by atoms with van der Waals surface area (Å²) in [6, 6.07) is 1.82. The SMILES string of the molecule is CCOC(=O)CNC(=O)Nc1cc([N+](=O)[O-])cc([N+](=O)[O-])c1. The van der Waals surface area contributed by atoms with Crippen molar-refractivity contribution < 1.29 is 24.2 Å². The van der Waals surface area contributed by atoms with E-state index in [1.165, 1.54) is 0 Å². The van der Waals surface area contributed by atoms with E-state index in [9.17, 15) is 29.8 Å². The second-order valence-corrected chi connectivity index (χ2v) is 3.87. The molecule has 2 N–H and O–H groups in total. The lowest BCUT2D eigenvalue weighted by Gasteiger charge is -2.07. The number of carbonyl (C=O) groups excluding carboxylic acids is 2. The largest absolute Gasteiger partial charge is 0.465 e. The van der Waals surface area contributed by atoms with Gasteiger partial charge in [0.15, 0.2) is 0 Å². The zero-order valence-corrected chi connectivity index (χ0v) is 11.4. The Labute approximate surface area is 123 Å². The zero-order valence-electron chi connectivity index (χ0n) is 11.4. The number of benzene rings is 1. The van der Waals surface area contributed by atoms with E-state index in [-0.39, 0.29) is 12.3 Å². The number of non-ortho nitro benzene ring substituents is 2. The molecule has 0 fully saturated rings. The van der Waals surface area contributed by atoms with E-state index in [1.807, 2.05) is 0 Å². The van der Waals surface area contributed by atoms with Gasteiger partial charge in [0.05, 0.1) is 28.2 Å². The van der Waals surface area contributed by atoms with Crippen LogP contribution in [0.15, 0.2) is 18.2 Å². The second-order valence-electron chi connectivity index (χ2n) is 3.87. The molecule has 0 aliphatic carbocycles. The molecule has 11 heteroatoms. The Balaban J connectivity index is 2.79. The number of ether oxygens (including phenoxy) is 1. The van der Waals surface area contributed by atoms with E-state index in [1.54, 1.807) is 6.92 Å². The van der Waals surface area contributed by atoms with E-state index in [0.717, 1.165) is 18.2 Å². The van der Waals surface area contributed by atoms with E-state index in [4.69, 9.17) is 0 Å². The number of rotatable bonds is 6. The molecule has 22 heavy (non-hydrogen) atoms. The quantitative estimate of drug-likeness (QED) is 0.454. The molecule has 0 heterocycles. The van der Waals surface area contributed by atoms with Crippen LogP contribution in [0.1, 0.15) is 6.92 Å². The summed E-state index contributed by atoms with van der Waals surface area (Å²) in [4.78, 5) is 42.3. The van der Waals surface area contributed by atoms with Gasteiger partial charge in [-0.05, 0) is 6.92 Å². The van der Waals surface area contributed by atoms with Crippen molar-refractivity contribution in [3.8, 4) is 0 Å². The van der Waals surface area contributed by atoms with Crippen LogP contribution < -0.4 is 10.6 Å². The zero-order chi connectivity index (χ0) is 16.7. The number of esters is 1. The average Bonchev–Trinajstić information content (AvgIpc) is 2.45. The predicted molar refractivity (Wildman–Crippen MR) is 73.4 cm³/mol. The highest BCUT2D eigenvalue weighted by atomic mass is 16.6. The molecule has 0 unspecified atom stereocenters. The van der Waals surface area contributed by atoms with Crippen molar-refractivity contribution in [3.05, 3.63) is 38.4 Å². The number of carbonyl (C=O) groups is 2. The van der Waals surface area contributed by atoms with Crippen molar-refractivity contribution in [1.29, 1.82) is 0 Å². The van der Waals surface area contributed by atoms with Crippen molar-refractivity contribution in [2.75, 3.05) is 18.5 Å². The molecule has 1 aromatic rings. The van der Waals surface area contributed by atoms with Crippen LogP contribution in [0.5, 0.6) is 0 Å². The van der Waals surface area contributed by atoms with Gasteiger partial charge in [-0.3, -0.25) is 25.0 Å². The van der Waals surface area contributed by atoms with Gasteiger partial charge < -0.3 is 15.4 Å². The highest BCUT2D eigenvalue weighted by Gasteiger charge is 2.17. The number of nitro groups is 2. The number of hydrogen-bond donors (Lipinski definition) is 2. The van der Waals surface area contributed by atoms with E-state index < -0.39 is 39.8 Å². The molecule has 0 aromatic heterocycles. The van der Waals surface area contributed by atoms with E-state index in [2.05, 4.69) is 15.4 Å². The fourth-order valence-electron chi connectivity index (χ4n) is 1.42. The molecule has 0 saturated carbocycles. The molecule has 1 rings (SSSR count). The lowest BCUT2D eigenvalue weighted by molar-refractivity contribution is -0.394. The van der Waals surface area contributed by atoms with Gasteiger partial charge in [-0.2, -0.15) is 0 Å². The third kappa shape index (κ3) is 5.03. The van der Waals surface area contributed by atoms with Gasteiger partial charge in [-0.25, -0.2) is 4.79 Å². The Hall–Kier alpha value is -3.24. The minimum Gasteiger partial charge on any atom is -0.465 e. The smallest absolute Gasteiger partial charge is 0.325 e. The third-order valence-corrected chi connectivity index (χ3v) is 2.28.